The third kappa shape index (κ3) is 5.10. The highest BCUT2D eigenvalue weighted by atomic mass is 16.6. The van der Waals surface area contributed by atoms with Gasteiger partial charge in [0.25, 0.3) is 46.4 Å². The summed E-state index contributed by atoms with van der Waals surface area (Å²) in [5.41, 5.74) is -2.45. The molecule has 0 aliphatic carbocycles. The summed E-state index contributed by atoms with van der Waals surface area (Å²) in [5.74, 6) is -3.18. The topological polar surface area (TPSA) is 247 Å². The molecule has 0 fully saturated rings. The van der Waals surface area contributed by atoms with E-state index in [1.165, 1.54) is 0 Å². The zero-order valence-corrected chi connectivity index (χ0v) is 24.4. The Balaban J connectivity index is 1.15. The Kier molecular flexibility index (Phi) is 7.54. The predicted molar refractivity (Wildman–Crippen MR) is 164 cm³/mol. The van der Waals surface area contributed by atoms with Gasteiger partial charge in [0, 0.05) is 72.4 Å². The van der Waals surface area contributed by atoms with Gasteiger partial charge < -0.3 is 0 Å². The SMILES string of the molecule is O=C1c2cc([N+](=O)[O-])cc3cc([N+](=O)[O-])cc(c23)C(=O)N1CCCCCCN1C(=O)c2cc([N+](=O)[O-])cc3cc([N+](=O)[O-])cc(c23)C1=O. The van der Waals surface area contributed by atoms with Crippen molar-refractivity contribution in [3.05, 3.63) is 111 Å². The van der Waals surface area contributed by atoms with Gasteiger partial charge in [0.15, 0.2) is 0 Å². The number of imide groups is 2. The molecule has 48 heavy (non-hydrogen) atoms. The Morgan fingerprint density at radius 3 is 0.896 bits per heavy atom. The lowest BCUT2D eigenvalue weighted by molar-refractivity contribution is -0.385. The van der Waals surface area contributed by atoms with Gasteiger partial charge in [-0.25, -0.2) is 0 Å². The van der Waals surface area contributed by atoms with Gasteiger partial charge in [0.1, 0.15) is 0 Å². The fourth-order valence-corrected chi connectivity index (χ4v) is 6.13. The van der Waals surface area contributed by atoms with Gasteiger partial charge >= 0.3 is 0 Å². The number of rotatable bonds is 11. The first-order valence-electron chi connectivity index (χ1n) is 14.3. The molecule has 0 atom stereocenters. The molecule has 18 heteroatoms. The Labute approximate surface area is 266 Å². The largest absolute Gasteiger partial charge is 0.274 e. The van der Waals surface area contributed by atoms with Crippen LogP contribution in [0.1, 0.15) is 67.1 Å². The normalized spacial score (nSPS) is 13.8. The Morgan fingerprint density at radius 1 is 0.417 bits per heavy atom. The molecule has 2 aliphatic rings. The molecule has 4 aromatic rings. The second-order valence-electron chi connectivity index (χ2n) is 11.1. The van der Waals surface area contributed by atoms with Crippen LogP contribution in [0.5, 0.6) is 0 Å². The lowest BCUT2D eigenvalue weighted by Gasteiger charge is -2.27. The van der Waals surface area contributed by atoms with E-state index in [0.29, 0.717) is 12.8 Å². The zero-order valence-electron chi connectivity index (χ0n) is 24.4. The third-order valence-corrected chi connectivity index (χ3v) is 8.30. The highest BCUT2D eigenvalue weighted by molar-refractivity contribution is 6.27. The van der Waals surface area contributed by atoms with Gasteiger partial charge in [-0.2, -0.15) is 0 Å². The van der Waals surface area contributed by atoms with E-state index in [1.54, 1.807) is 0 Å². The number of hydrogen-bond donors (Lipinski definition) is 0. The quantitative estimate of drug-likeness (QED) is 0.0887. The van der Waals surface area contributed by atoms with E-state index in [4.69, 9.17) is 0 Å². The molecule has 2 aliphatic heterocycles. The smallest absolute Gasteiger partial charge is 0.270 e. The molecule has 0 unspecified atom stereocenters. The molecular formula is C30H20N6O12. The average molecular weight is 657 g/mol. The van der Waals surface area contributed by atoms with E-state index in [0.717, 1.165) is 58.3 Å². The van der Waals surface area contributed by atoms with Gasteiger partial charge in [-0.3, -0.25) is 69.4 Å². The van der Waals surface area contributed by atoms with Crippen molar-refractivity contribution in [2.24, 2.45) is 0 Å². The second kappa shape index (κ2) is 11.6. The number of nitrogens with zero attached hydrogens (tertiary/aromatic N) is 6. The summed E-state index contributed by atoms with van der Waals surface area (Å²) < 4.78 is 0. The van der Waals surface area contributed by atoms with Crippen molar-refractivity contribution >= 4 is 67.9 Å². The minimum Gasteiger partial charge on any atom is -0.274 e. The van der Waals surface area contributed by atoms with E-state index in [1.807, 2.05) is 0 Å². The molecule has 6 rings (SSSR count). The predicted octanol–water partition coefficient (Wildman–Crippen LogP) is 5.08. The molecule has 0 saturated heterocycles. The molecule has 0 radical (unpaired) electrons. The Hall–Kier alpha value is -6.72. The van der Waals surface area contributed by atoms with E-state index >= 15 is 0 Å². The minimum absolute atomic E-state index is 0.00891. The number of unbranched alkanes of at least 4 members (excludes halogenated alkanes) is 3. The van der Waals surface area contributed by atoms with Crippen LogP contribution in [-0.2, 0) is 0 Å². The van der Waals surface area contributed by atoms with Crippen LogP contribution in [-0.4, -0.2) is 66.2 Å². The van der Waals surface area contributed by atoms with E-state index in [9.17, 15) is 59.6 Å². The van der Waals surface area contributed by atoms with Crippen molar-refractivity contribution in [1.82, 2.24) is 9.80 Å². The maximum absolute atomic E-state index is 13.3. The number of carbonyl (C=O) groups is 4. The van der Waals surface area contributed by atoms with E-state index in [2.05, 4.69) is 0 Å². The first kappa shape index (κ1) is 31.3. The second-order valence-corrected chi connectivity index (χ2v) is 11.1. The van der Waals surface area contributed by atoms with Gasteiger partial charge in [0.05, 0.1) is 41.9 Å². The van der Waals surface area contributed by atoms with Crippen molar-refractivity contribution in [2.75, 3.05) is 13.1 Å². The molecule has 0 bridgehead atoms. The zero-order chi connectivity index (χ0) is 34.6. The number of carbonyl (C=O) groups excluding carboxylic acids is 4. The summed E-state index contributed by atoms with van der Waals surface area (Å²) >= 11 is 0. The van der Waals surface area contributed by atoms with Gasteiger partial charge in [-0.1, -0.05) is 12.8 Å². The average Bonchev–Trinajstić information content (AvgIpc) is 3.05. The maximum Gasteiger partial charge on any atom is 0.270 e. The summed E-state index contributed by atoms with van der Waals surface area (Å²) in [7, 11) is 0. The number of benzene rings is 4. The number of nitro groups is 4. The van der Waals surface area contributed by atoms with Crippen LogP contribution in [0.25, 0.3) is 21.5 Å². The summed E-state index contributed by atoms with van der Waals surface area (Å²) in [4.78, 5) is 97.9. The molecule has 4 aromatic carbocycles. The Bertz CT molecular complexity index is 1920. The van der Waals surface area contributed by atoms with Crippen LogP contribution < -0.4 is 0 Å². The van der Waals surface area contributed by atoms with Crippen molar-refractivity contribution in [3.8, 4) is 0 Å². The van der Waals surface area contributed by atoms with Gasteiger partial charge in [-0.15, -0.1) is 0 Å². The standard InChI is InChI=1S/C30H20N6O12/c37-27-21-11-17(33(41)42)7-15-8-18(34(43)44)12-22(25(15)21)28(38)31(27)5-3-1-2-4-6-32-29(39)23-13-19(35(45)46)9-16-10-20(36(47)48)14-24(26(16)23)30(32)40/h7-14H,1-6H2. The number of non-ortho nitro benzene ring substituents is 4. The molecule has 2 heterocycles. The minimum atomic E-state index is -0.796. The van der Waals surface area contributed by atoms with Crippen molar-refractivity contribution in [3.63, 3.8) is 0 Å². The highest BCUT2D eigenvalue weighted by Crippen LogP contribution is 2.38. The molecule has 18 nitrogen and oxygen atoms in total. The molecule has 0 N–H and O–H groups in total. The fraction of sp³-hybridized carbons (Fsp3) is 0.200. The molecule has 242 valence electrons. The van der Waals surface area contributed by atoms with Crippen LogP contribution >= 0.6 is 0 Å². The molecule has 0 aromatic heterocycles. The monoisotopic (exact) mass is 656 g/mol. The highest BCUT2D eigenvalue weighted by Gasteiger charge is 2.37. The summed E-state index contributed by atoms with van der Waals surface area (Å²) in [6, 6.07) is 8.33. The summed E-state index contributed by atoms with van der Waals surface area (Å²) in [5, 5.41) is 46.1. The first-order valence-corrected chi connectivity index (χ1v) is 14.3. The van der Waals surface area contributed by atoms with Crippen LogP contribution in [0.3, 0.4) is 0 Å². The van der Waals surface area contributed by atoms with Crippen LogP contribution in [0.2, 0.25) is 0 Å². The summed E-state index contributed by atoms with van der Waals surface area (Å²) in [6.07, 6.45) is 1.23. The third-order valence-electron chi connectivity index (χ3n) is 8.30. The molecule has 4 amide bonds. The van der Waals surface area contributed by atoms with Crippen LogP contribution in [0.4, 0.5) is 22.7 Å². The lowest BCUT2D eigenvalue weighted by Crippen LogP contribution is -2.41. The van der Waals surface area contributed by atoms with E-state index in [-0.39, 0.29) is 69.7 Å². The van der Waals surface area contributed by atoms with Crippen molar-refractivity contribution < 1.29 is 38.9 Å². The molecule has 0 spiro atoms. The lowest BCUT2D eigenvalue weighted by atomic mass is 9.92. The molecular weight excluding hydrogens is 636 g/mol. The first-order chi connectivity index (χ1) is 22.8. The van der Waals surface area contributed by atoms with Crippen LogP contribution in [0, 0.1) is 40.5 Å². The number of amides is 4. The maximum atomic E-state index is 13.3. The summed E-state index contributed by atoms with van der Waals surface area (Å²) in [6.45, 7) is -0.261. The van der Waals surface area contributed by atoms with Crippen molar-refractivity contribution in [2.45, 2.75) is 25.7 Å². The fourth-order valence-electron chi connectivity index (χ4n) is 6.13. The number of hydrogen-bond acceptors (Lipinski definition) is 12. The van der Waals surface area contributed by atoms with Crippen molar-refractivity contribution in [1.29, 1.82) is 0 Å². The van der Waals surface area contributed by atoms with Crippen LogP contribution in [0.15, 0.2) is 48.5 Å². The van der Waals surface area contributed by atoms with E-state index < -0.39 is 66.1 Å². The van der Waals surface area contributed by atoms with Gasteiger partial charge in [-0.05, 0) is 23.6 Å². The molecule has 0 saturated carbocycles. The van der Waals surface area contributed by atoms with Gasteiger partial charge in [0.2, 0.25) is 0 Å². The Morgan fingerprint density at radius 2 is 0.667 bits per heavy atom. The number of nitro benzene ring substituents is 4.